The predicted octanol–water partition coefficient (Wildman–Crippen LogP) is 7.57. The van der Waals surface area contributed by atoms with Gasteiger partial charge in [-0.15, -0.1) is 0 Å². The molecule has 4 nitrogen and oxygen atoms in total. The SMILES string of the molecule is CC1(C)OB(c2ccc3c4c2ccc2cccc(c24)n3-c2cccc3c2oc2ccccc23)OC1(C)C. The van der Waals surface area contributed by atoms with Gasteiger partial charge in [0, 0.05) is 21.5 Å². The highest BCUT2D eigenvalue weighted by Gasteiger charge is 2.52. The molecule has 1 aliphatic heterocycles. The van der Waals surface area contributed by atoms with E-state index in [0.29, 0.717) is 0 Å². The van der Waals surface area contributed by atoms with Crippen LogP contribution in [0.1, 0.15) is 27.7 Å². The largest absolute Gasteiger partial charge is 0.495 e. The van der Waals surface area contributed by atoms with Gasteiger partial charge in [-0.3, -0.25) is 0 Å². The van der Waals surface area contributed by atoms with Gasteiger partial charge in [-0.25, -0.2) is 0 Å². The fraction of sp³-hybridized carbons (Fsp3) is 0.188. The highest BCUT2D eigenvalue weighted by atomic mass is 16.7. The Kier molecular flexibility index (Phi) is 4.00. The Balaban J connectivity index is 1.46. The van der Waals surface area contributed by atoms with Gasteiger partial charge in [0.15, 0.2) is 5.58 Å². The molecule has 0 N–H and O–H groups in total. The van der Waals surface area contributed by atoms with Crippen molar-refractivity contribution in [3.63, 3.8) is 0 Å². The maximum Gasteiger partial charge on any atom is 0.495 e. The van der Waals surface area contributed by atoms with Gasteiger partial charge in [-0.1, -0.05) is 60.7 Å². The molecule has 2 aromatic heterocycles. The van der Waals surface area contributed by atoms with Gasteiger partial charge in [-0.2, -0.15) is 0 Å². The quantitative estimate of drug-likeness (QED) is 0.188. The molecule has 37 heavy (non-hydrogen) atoms. The van der Waals surface area contributed by atoms with E-state index < -0.39 is 18.3 Å². The average molecular weight is 483 g/mol. The van der Waals surface area contributed by atoms with Crippen molar-refractivity contribution in [3.05, 3.63) is 84.9 Å². The van der Waals surface area contributed by atoms with Crippen molar-refractivity contribution in [2.45, 2.75) is 38.9 Å². The van der Waals surface area contributed by atoms with Gasteiger partial charge < -0.3 is 18.3 Å². The molecule has 0 unspecified atom stereocenters. The van der Waals surface area contributed by atoms with Crippen LogP contribution in [0.3, 0.4) is 0 Å². The minimum absolute atomic E-state index is 0.395. The summed E-state index contributed by atoms with van der Waals surface area (Å²) < 4.78 is 21.8. The van der Waals surface area contributed by atoms with Gasteiger partial charge in [-0.05, 0) is 68.2 Å². The van der Waals surface area contributed by atoms with Crippen LogP contribution >= 0.6 is 0 Å². The molecule has 8 rings (SSSR count). The highest BCUT2D eigenvalue weighted by molar-refractivity contribution is 6.65. The lowest BCUT2D eigenvalue weighted by Crippen LogP contribution is -2.41. The predicted molar refractivity (Wildman–Crippen MR) is 152 cm³/mol. The number of hydrogen-bond acceptors (Lipinski definition) is 3. The normalized spacial score (nSPS) is 17.4. The van der Waals surface area contributed by atoms with Crippen LogP contribution in [0.4, 0.5) is 0 Å². The summed E-state index contributed by atoms with van der Waals surface area (Å²) in [6.45, 7) is 8.41. The number of aromatic nitrogens is 1. The fourth-order valence-corrected chi connectivity index (χ4v) is 6.05. The Hall–Kier alpha value is -3.80. The second-order valence-electron chi connectivity index (χ2n) is 11.2. The van der Waals surface area contributed by atoms with Crippen molar-refractivity contribution in [1.82, 2.24) is 4.57 Å². The summed E-state index contributed by atoms with van der Waals surface area (Å²) in [5, 5.41) is 7.12. The van der Waals surface area contributed by atoms with Crippen LogP contribution in [0, 0.1) is 0 Å². The van der Waals surface area contributed by atoms with Gasteiger partial charge in [0.05, 0.1) is 27.9 Å². The minimum atomic E-state index is -0.420. The zero-order chi connectivity index (χ0) is 25.1. The summed E-state index contributed by atoms with van der Waals surface area (Å²) in [6.07, 6.45) is 0. The van der Waals surface area contributed by atoms with Crippen LogP contribution in [0.5, 0.6) is 0 Å². The lowest BCUT2D eigenvalue weighted by atomic mass is 9.75. The average Bonchev–Trinajstić information content (AvgIpc) is 3.50. The van der Waals surface area contributed by atoms with E-state index in [1.165, 1.54) is 16.2 Å². The van der Waals surface area contributed by atoms with Crippen LogP contribution < -0.4 is 5.46 Å². The Labute approximate surface area is 214 Å². The molecule has 0 amide bonds. The smallest absolute Gasteiger partial charge is 0.454 e. The van der Waals surface area contributed by atoms with Crippen LogP contribution in [0.2, 0.25) is 0 Å². The third-order valence-electron chi connectivity index (χ3n) is 8.62. The van der Waals surface area contributed by atoms with Crippen molar-refractivity contribution < 1.29 is 13.7 Å². The third kappa shape index (κ3) is 2.71. The van der Waals surface area contributed by atoms with Gasteiger partial charge in [0.2, 0.25) is 0 Å². The molecule has 0 saturated carbocycles. The first-order valence-electron chi connectivity index (χ1n) is 12.9. The Morgan fingerprint density at radius 1 is 0.622 bits per heavy atom. The zero-order valence-electron chi connectivity index (χ0n) is 21.3. The molecular formula is C32H26BNO3. The molecule has 0 spiro atoms. The first-order valence-corrected chi connectivity index (χ1v) is 12.9. The van der Waals surface area contributed by atoms with Crippen LogP contribution in [-0.4, -0.2) is 22.9 Å². The molecule has 3 heterocycles. The molecule has 1 aliphatic rings. The van der Waals surface area contributed by atoms with E-state index in [1.54, 1.807) is 0 Å². The van der Waals surface area contributed by atoms with Gasteiger partial charge in [0.1, 0.15) is 5.58 Å². The van der Waals surface area contributed by atoms with E-state index in [1.807, 2.05) is 12.1 Å². The summed E-state index contributed by atoms with van der Waals surface area (Å²) in [5.41, 5.74) is 5.44. The fourth-order valence-electron chi connectivity index (χ4n) is 6.05. The lowest BCUT2D eigenvalue weighted by molar-refractivity contribution is 0.00578. The van der Waals surface area contributed by atoms with E-state index in [0.717, 1.165) is 49.5 Å². The second kappa shape index (κ2) is 6.94. The van der Waals surface area contributed by atoms with Gasteiger partial charge in [0.25, 0.3) is 0 Å². The summed E-state index contributed by atoms with van der Waals surface area (Å²) in [7, 11) is -0.420. The summed E-state index contributed by atoms with van der Waals surface area (Å²) in [6, 6.07) is 30.0. The molecule has 5 aromatic carbocycles. The number of fused-ring (bicyclic) bond motifs is 3. The van der Waals surface area contributed by atoms with Crippen molar-refractivity contribution >= 4 is 67.1 Å². The van der Waals surface area contributed by atoms with Gasteiger partial charge >= 0.3 is 7.12 Å². The molecule has 0 atom stereocenters. The van der Waals surface area contributed by atoms with Crippen molar-refractivity contribution in [1.29, 1.82) is 0 Å². The first kappa shape index (κ1) is 21.3. The second-order valence-corrected chi connectivity index (χ2v) is 11.2. The number of rotatable bonds is 2. The molecule has 180 valence electrons. The van der Waals surface area contributed by atoms with E-state index in [-0.39, 0.29) is 0 Å². The number of hydrogen-bond donors (Lipinski definition) is 0. The monoisotopic (exact) mass is 483 g/mol. The summed E-state index contributed by atoms with van der Waals surface area (Å²) >= 11 is 0. The third-order valence-corrected chi connectivity index (χ3v) is 8.62. The standard InChI is InChI=1S/C32H26BNO3/c1-31(2)32(3,4)37-33(36-31)23-17-18-25-29-22(23)16-15-19-9-7-12-24(28(19)29)34(25)26-13-8-11-21-20-10-5-6-14-27(20)35-30(21)26/h5-18H,1-4H3. The van der Waals surface area contributed by atoms with E-state index in [9.17, 15) is 0 Å². The number of benzene rings is 5. The van der Waals surface area contributed by atoms with Crippen molar-refractivity contribution in [2.24, 2.45) is 0 Å². The van der Waals surface area contributed by atoms with E-state index in [4.69, 9.17) is 13.7 Å². The van der Waals surface area contributed by atoms with Crippen LogP contribution in [0.25, 0.3) is 60.2 Å². The zero-order valence-corrected chi connectivity index (χ0v) is 21.3. The lowest BCUT2D eigenvalue weighted by Gasteiger charge is -2.32. The molecule has 0 radical (unpaired) electrons. The number of para-hydroxylation sites is 2. The van der Waals surface area contributed by atoms with Crippen molar-refractivity contribution in [3.8, 4) is 5.69 Å². The Bertz CT molecular complexity index is 2000. The Morgan fingerprint density at radius 2 is 1.35 bits per heavy atom. The molecule has 0 aliphatic carbocycles. The molecule has 1 saturated heterocycles. The van der Waals surface area contributed by atoms with Crippen LogP contribution in [-0.2, 0) is 9.31 Å². The maximum atomic E-state index is 6.48. The summed E-state index contributed by atoms with van der Waals surface area (Å²) in [4.78, 5) is 0. The molecule has 1 fully saturated rings. The van der Waals surface area contributed by atoms with E-state index >= 15 is 0 Å². The molecule has 0 bridgehead atoms. The van der Waals surface area contributed by atoms with Crippen molar-refractivity contribution in [2.75, 3.05) is 0 Å². The maximum absolute atomic E-state index is 6.48. The number of furan rings is 1. The molecular weight excluding hydrogens is 457 g/mol. The molecule has 7 aromatic rings. The summed E-state index contributed by atoms with van der Waals surface area (Å²) in [5.74, 6) is 0. The first-order chi connectivity index (χ1) is 17.8. The van der Waals surface area contributed by atoms with Crippen LogP contribution in [0.15, 0.2) is 89.3 Å². The Morgan fingerprint density at radius 3 is 2.19 bits per heavy atom. The number of nitrogens with zero attached hydrogens (tertiary/aromatic N) is 1. The van der Waals surface area contributed by atoms with E-state index in [2.05, 4.69) is 105 Å². The minimum Gasteiger partial charge on any atom is -0.454 e. The molecule has 5 heteroatoms. The topological polar surface area (TPSA) is 36.5 Å². The highest BCUT2D eigenvalue weighted by Crippen LogP contribution is 2.42.